The number of hydrogen-bond acceptors (Lipinski definition) is 10. The standard InChI is InChI=1S/C45H57NO6S3/c1-42(2,3)27-14-25-22-46(24-37(47)52-13)23-26-15-28(43(4,5)6)17-32(39(26)49)54-34-19-30(45(10,11)12)21-36(41(34)51)55-35-20-29(44(7,8)9)18-33(40(35)50)53-31(16-27)38(25)48/h14-21,48-51H,22-24H2,1-13H3. The molecule has 0 saturated carbocycles. The Morgan fingerprint density at radius 3 is 1.02 bits per heavy atom. The number of phenols is 4. The molecule has 0 saturated heterocycles. The highest BCUT2D eigenvalue weighted by Gasteiger charge is 2.29. The van der Waals surface area contributed by atoms with Crippen LogP contribution >= 0.6 is 35.3 Å². The maximum Gasteiger partial charge on any atom is 0.319 e. The molecule has 7 nitrogen and oxygen atoms in total. The van der Waals surface area contributed by atoms with Crippen molar-refractivity contribution in [2.24, 2.45) is 0 Å². The Kier molecular flexibility index (Phi) is 12.0. The predicted molar refractivity (Wildman–Crippen MR) is 226 cm³/mol. The van der Waals surface area contributed by atoms with Crippen LogP contribution in [0, 0.1) is 0 Å². The first kappa shape index (κ1) is 42.7. The van der Waals surface area contributed by atoms with E-state index >= 15 is 0 Å². The van der Waals surface area contributed by atoms with Crippen LogP contribution in [0.3, 0.4) is 0 Å². The number of methoxy groups -OCH3 is 1. The highest BCUT2D eigenvalue weighted by atomic mass is 32.2. The van der Waals surface area contributed by atoms with Gasteiger partial charge in [-0.1, -0.05) is 131 Å². The number of carbonyl (C=O) groups excluding carboxylic acids is 1. The fraction of sp³-hybridized carbons (Fsp3) is 0.444. The van der Waals surface area contributed by atoms with Gasteiger partial charge in [0.25, 0.3) is 0 Å². The third kappa shape index (κ3) is 9.75. The van der Waals surface area contributed by atoms with Crippen LogP contribution in [0.5, 0.6) is 23.0 Å². The van der Waals surface area contributed by atoms with Crippen LogP contribution in [0.2, 0.25) is 0 Å². The molecule has 0 unspecified atom stereocenters. The minimum Gasteiger partial charge on any atom is -0.506 e. The maximum atomic E-state index is 12.9. The van der Waals surface area contributed by atoms with Crippen LogP contribution in [0.1, 0.15) is 116 Å². The van der Waals surface area contributed by atoms with Gasteiger partial charge < -0.3 is 25.2 Å². The van der Waals surface area contributed by atoms with Gasteiger partial charge in [-0.05, 0) is 80.3 Å². The van der Waals surface area contributed by atoms with Crippen molar-refractivity contribution < 1.29 is 30.0 Å². The molecule has 0 aliphatic carbocycles. The molecule has 296 valence electrons. The number of ether oxygens (including phenoxy) is 1. The van der Waals surface area contributed by atoms with Gasteiger partial charge in [-0.25, -0.2) is 0 Å². The number of benzene rings is 4. The zero-order valence-corrected chi connectivity index (χ0v) is 37.0. The highest BCUT2D eigenvalue weighted by molar-refractivity contribution is 8.01. The fourth-order valence-electron chi connectivity index (χ4n) is 6.19. The summed E-state index contributed by atoms with van der Waals surface area (Å²) in [7, 11) is 1.35. The van der Waals surface area contributed by atoms with Gasteiger partial charge >= 0.3 is 5.97 Å². The van der Waals surface area contributed by atoms with E-state index in [4.69, 9.17) is 4.74 Å². The first-order chi connectivity index (χ1) is 25.3. The van der Waals surface area contributed by atoms with Crippen LogP contribution in [0.15, 0.2) is 77.9 Å². The summed E-state index contributed by atoms with van der Waals surface area (Å²) in [5, 5.41) is 48.1. The number of phenolic OH excluding ortho intramolecular Hbond substituents is 4. The molecule has 5 rings (SSSR count). The zero-order valence-electron chi connectivity index (χ0n) is 34.5. The molecule has 0 fully saturated rings. The minimum absolute atomic E-state index is 0.0489. The molecule has 0 amide bonds. The van der Waals surface area contributed by atoms with Gasteiger partial charge in [0.05, 0.1) is 43.0 Å². The summed E-state index contributed by atoms with van der Waals surface area (Å²) in [6.07, 6.45) is 0. The molecular formula is C45H57NO6S3. The topological polar surface area (TPSA) is 110 Å². The second-order valence-electron chi connectivity index (χ2n) is 18.6. The largest absolute Gasteiger partial charge is 0.506 e. The van der Waals surface area contributed by atoms with Crippen molar-refractivity contribution in [3.8, 4) is 23.0 Å². The SMILES string of the molecule is COC(=O)CN1Cc2cc(C(C)(C)C)cc(c2O)Sc2cc(C(C)(C)C)cc(c2O)Sc2cc(C(C)(C)C)cc(c2O)Sc2cc(C(C)(C)C)cc(c2O)C1. The lowest BCUT2D eigenvalue weighted by atomic mass is 9.85. The molecule has 0 spiro atoms. The van der Waals surface area contributed by atoms with Crippen molar-refractivity contribution in [1.29, 1.82) is 0 Å². The Bertz CT molecular complexity index is 1980. The van der Waals surface area contributed by atoms with E-state index in [-0.39, 0.29) is 64.3 Å². The van der Waals surface area contributed by atoms with Crippen LogP contribution in [-0.4, -0.2) is 44.9 Å². The summed E-state index contributed by atoms with van der Waals surface area (Å²) in [5.74, 6) is -0.253. The molecule has 4 aromatic rings. The molecule has 0 atom stereocenters. The molecule has 1 heterocycles. The normalized spacial score (nSPS) is 14.6. The van der Waals surface area contributed by atoms with Crippen molar-refractivity contribution in [2.45, 2.75) is 147 Å². The lowest BCUT2D eigenvalue weighted by Crippen LogP contribution is -2.30. The molecule has 0 radical (unpaired) electrons. The Labute approximate surface area is 340 Å². The number of aromatic hydroxyl groups is 4. The van der Waals surface area contributed by atoms with Crippen molar-refractivity contribution in [3.05, 3.63) is 81.9 Å². The Hall–Kier alpha value is -3.44. The van der Waals surface area contributed by atoms with E-state index in [0.717, 1.165) is 22.3 Å². The second-order valence-corrected chi connectivity index (χ2v) is 21.9. The highest BCUT2D eigenvalue weighted by Crippen LogP contribution is 2.53. The minimum atomic E-state index is -0.449. The number of carbonyl (C=O) groups is 1. The number of rotatable bonds is 2. The summed E-state index contributed by atoms with van der Waals surface area (Å²) < 4.78 is 5.13. The van der Waals surface area contributed by atoms with Gasteiger partial charge in [0.2, 0.25) is 0 Å². The van der Waals surface area contributed by atoms with Crippen molar-refractivity contribution in [1.82, 2.24) is 4.90 Å². The predicted octanol–water partition coefficient (Wildman–Crippen LogP) is 11.6. The molecular weight excluding hydrogens is 747 g/mol. The average molecular weight is 804 g/mol. The first-order valence-electron chi connectivity index (χ1n) is 18.6. The maximum absolute atomic E-state index is 12.9. The number of esters is 1. The van der Waals surface area contributed by atoms with Crippen molar-refractivity contribution >= 4 is 41.3 Å². The number of fused-ring (bicyclic) bond motifs is 8. The summed E-state index contributed by atoms with van der Waals surface area (Å²) in [5.41, 5.74) is 3.98. The van der Waals surface area contributed by atoms with E-state index in [1.54, 1.807) is 0 Å². The molecule has 1 aliphatic rings. The van der Waals surface area contributed by atoms with Gasteiger partial charge in [0.15, 0.2) is 0 Å². The Morgan fingerprint density at radius 2 is 0.764 bits per heavy atom. The summed E-state index contributed by atoms with van der Waals surface area (Å²) in [4.78, 5) is 18.2. The summed E-state index contributed by atoms with van der Waals surface area (Å²) >= 11 is 3.88. The van der Waals surface area contributed by atoms with Gasteiger partial charge in [-0.2, -0.15) is 0 Å². The molecule has 10 heteroatoms. The number of hydrogen-bond donors (Lipinski definition) is 4. The summed E-state index contributed by atoms with van der Waals surface area (Å²) in [6.45, 7) is 25.6. The molecule has 0 aromatic heterocycles. The Balaban J connectivity index is 1.89. The third-order valence-corrected chi connectivity index (χ3v) is 13.1. The van der Waals surface area contributed by atoms with Crippen LogP contribution < -0.4 is 0 Å². The van der Waals surface area contributed by atoms with Crippen molar-refractivity contribution in [3.63, 3.8) is 0 Å². The van der Waals surface area contributed by atoms with E-state index in [2.05, 4.69) is 83.1 Å². The van der Waals surface area contributed by atoms with E-state index in [1.807, 2.05) is 53.4 Å². The smallest absolute Gasteiger partial charge is 0.319 e. The third-order valence-electron chi connectivity index (χ3n) is 9.88. The monoisotopic (exact) mass is 803 g/mol. The van der Waals surface area contributed by atoms with E-state index in [0.29, 0.717) is 40.5 Å². The lowest BCUT2D eigenvalue weighted by molar-refractivity contribution is -0.142. The molecule has 4 aromatic carbocycles. The van der Waals surface area contributed by atoms with Crippen LogP contribution in [0.25, 0.3) is 0 Å². The van der Waals surface area contributed by atoms with E-state index < -0.39 is 5.97 Å². The average Bonchev–Trinajstić information content (AvgIpc) is 3.05. The molecule has 55 heavy (non-hydrogen) atoms. The molecule has 1 aliphatic heterocycles. The fourth-order valence-corrected chi connectivity index (χ4v) is 9.43. The molecule has 4 N–H and O–H groups in total. The summed E-state index contributed by atoms with van der Waals surface area (Å²) in [6, 6.07) is 15.8. The van der Waals surface area contributed by atoms with Gasteiger partial charge in [0.1, 0.15) is 23.0 Å². The Morgan fingerprint density at radius 1 is 0.509 bits per heavy atom. The number of nitrogens with zero attached hydrogens (tertiary/aromatic N) is 1. The van der Waals surface area contributed by atoms with Gasteiger partial charge in [-0.3, -0.25) is 9.69 Å². The van der Waals surface area contributed by atoms with Gasteiger partial charge in [-0.15, -0.1) is 0 Å². The van der Waals surface area contributed by atoms with Crippen LogP contribution in [-0.2, 0) is 44.3 Å². The van der Waals surface area contributed by atoms with Gasteiger partial charge in [0, 0.05) is 24.2 Å². The van der Waals surface area contributed by atoms with Crippen molar-refractivity contribution in [2.75, 3.05) is 13.7 Å². The quantitative estimate of drug-likeness (QED) is 0.146. The zero-order chi connectivity index (χ0) is 41.0. The van der Waals surface area contributed by atoms with Crippen LogP contribution in [0.4, 0.5) is 0 Å². The first-order valence-corrected chi connectivity index (χ1v) is 21.0. The van der Waals surface area contributed by atoms with E-state index in [9.17, 15) is 25.2 Å². The lowest BCUT2D eigenvalue weighted by Gasteiger charge is -2.28. The molecule has 8 bridgehead atoms. The van der Waals surface area contributed by atoms with E-state index in [1.165, 1.54) is 42.4 Å². The second kappa shape index (κ2) is 15.5.